The summed E-state index contributed by atoms with van der Waals surface area (Å²) in [6, 6.07) is 12.9. The Morgan fingerprint density at radius 1 is 0.761 bits per heavy atom. The second kappa shape index (κ2) is 23.9. The quantitative estimate of drug-likeness (QED) is 0.0983. The van der Waals surface area contributed by atoms with Crippen LogP contribution in [0.5, 0.6) is 0 Å². The van der Waals surface area contributed by atoms with Crippen LogP contribution < -0.4 is 21.5 Å². The molecule has 0 spiro atoms. The number of piperazine rings is 1. The molecule has 3 aliphatic heterocycles. The first-order chi connectivity index (χ1) is 32.5. The number of hydrogen-bond acceptors (Lipinski definition) is 10. The molecule has 17 heteroatoms. The first-order valence-corrected chi connectivity index (χ1v) is 24.7. The highest BCUT2D eigenvalue weighted by Crippen LogP contribution is 2.29. The summed E-state index contributed by atoms with van der Waals surface area (Å²) in [4.78, 5) is 76.2. The summed E-state index contributed by atoms with van der Waals surface area (Å²) in [5.74, 6) is -0.221. The molecule has 3 N–H and O–H groups in total. The highest BCUT2D eigenvalue weighted by molar-refractivity contribution is 5.88. The maximum absolute atomic E-state index is 14.6. The first kappa shape index (κ1) is 49.2. The van der Waals surface area contributed by atoms with E-state index in [1.165, 1.54) is 4.57 Å². The highest BCUT2D eigenvalue weighted by Gasteiger charge is 2.34. The van der Waals surface area contributed by atoms with Crippen LogP contribution in [-0.2, 0) is 34.2 Å². The van der Waals surface area contributed by atoms with Crippen LogP contribution in [0.15, 0.2) is 53.5 Å². The average molecular weight is 925 g/mol. The molecule has 4 aromatic rings. The van der Waals surface area contributed by atoms with E-state index >= 15 is 0 Å². The Labute approximate surface area is 394 Å². The van der Waals surface area contributed by atoms with Gasteiger partial charge in [-0.15, -0.1) is 0 Å². The lowest BCUT2D eigenvalue weighted by Crippen LogP contribution is -2.59. The monoisotopic (exact) mass is 925 g/mol. The number of para-hydroxylation sites is 1. The van der Waals surface area contributed by atoms with Crippen molar-refractivity contribution in [2.75, 3.05) is 72.5 Å². The van der Waals surface area contributed by atoms with Crippen molar-refractivity contribution in [3.8, 4) is 0 Å². The molecule has 3 aliphatic rings. The number of urea groups is 1. The van der Waals surface area contributed by atoms with Crippen LogP contribution in [0.25, 0.3) is 21.8 Å². The molecule has 1 atom stereocenters. The number of benzene rings is 2. The molecular formula is C50H72N10O7. The SMILES string of the molecule is CCCCCNC(=O)OCn1cc2cc(CC(NC(=O)N3CCC(c4cc5ccccc5n(COC(=O)NCCCCC)c4=O)CC3)C(=O)N3CCN(C4CCN(C)CC4)CC3)cc(C)c2n1. The fourth-order valence-electron chi connectivity index (χ4n) is 9.83. The van der Waals surface area contributed by atoms with Crippen LogP contribution in [0, 0.1) is 6.92 Å². The third-order valence-electron chi connectivity index (χ3n) is 13.8. The smallest absolute Gasteiger partial charge is 0.408 e. The number of pyridine rings is 1. The van der Waals surface area contributed by atoms with Gasteiger partial charge in [0, 0.05) is 82.0 Å². The van der Waals surface area contributed by atoms with Gasteiger partial charge in [0.1, 0.15) is 6.04 Å². The Bertz CT molecular complexity index is 2360. The second-order valence-electron chi connectivity index (χ2n) is 18.7. The maximum atomic E-state index is 14.6. The molecule has 3 fully saturated rings. The number of ether oxygens (including phenoxy) is 2. The Morgan fingerprint density at radius 3 is 2.09 bits per heavy atom. The third kappa shape index (κ3) is 13.1. The summed E-state index contributed by atoms with van der Waals surface area (Å²) in [7, 11) is 2.17. The van der Waals surface area contributed by atoms with Gasteiger partial charge in [-0.25, -0.2) is 19.1 Å². The molecule has 5 heterocycles. The van der Waals surface area contributed by atoms with E-state index in [0.29, 0.717) is 69.2 Å². The standard InChI is InChI=1S/C50H72N10O7/c1-5-7-11-19-51-49(64)66-34-59-33-40-30-37(29-36(3)45(40)54-59)31-43(47(62)57-27-25-56(26-28-57)41-17-21-55(4)22-18-41)53-48(63)58-23-15-38(16-24-58)42-32-39-13-9-10-14-44(39)60(46(42)61)35-67-50(65)52-20-12-8-6-2/h9-10,13-14,29-30,32-33,38,41,43H,5-8,11-12,15-28,31,34-35H2,1-4H3,(H,51,64)(H,52,65)(H,53,63). The number of alkyl carbamates (subject to hydrolysis) is 2. The lowest BCUT2D eigenvalue weighted by Gasteiger charge is -2.43. The van der Waals surface area contributed by atoms with Crippen molar-refractivity contribution in [3.05, 3.63) is 75.7 Å². The van der Waals surface area contributed by atoms with E-state index in [0.717, 1.165) is 105 Å². The molecule has 364 valence electrons. The number of nitrogens with one attached hydrogen (secondary N) is 3. The van der Waals surface area contributed by atoms with Gasteiger partial charge in [0.25, 0.3) is 5.56 Å². The number of likely N-dealkylation sites (tertiary alicyclic amines) is 2. The van der Waals surface area contributed by atoms with E-state index in [1.807, 2.05) is 60.5 Å². The van der Waals surface area contributed by atoms with Crippen LogP contribution >= 0.6 is 0 Å². The van der Waals surface area contributed by atoms with Crippen molar-refractivity contribution in [3.63, 3.8) is 0 Å². The predicted octanol–water partition coefficient (Wildman–Crippen LogP) is 6.15. The lowest BCUT2D eigenvalue weighted by molar-refractivity contribution is -0.135. The topological polar surface area (TPSA) is 176 Å². The lowest BCUT2D eigenvalue weighted by atomic mass is 9.89. The number of nitrogens with zero attached hydrogens (tertiary/aromatic N) is 7. The summed E-state index contributed by atoms with van der Waals surface area (Å²) in [5.41, 5.74) is 3.66. The van der Waals surface area contributed by atoms with Gasteiger partial charge in [-0.3, -0.25) is 19.1 Å². The van der Waals surface area contributed by atoms with Crippen LogP contribution in [0.4, 0.5) is 14.4 Å². The Kier molecular flexibility index (Phi) is 17.5. The molecule has 3 saturated heterocycles. The second-order valence-corrected chi connectivity index (χ2v) is 18.7. The van der Waals surface area contributed by atoms with Crippen molar-refractivity contribution >= 4 is 45.9 Å². The van der Waals surface area contributed by atoms with Gasteiger partial charge < -0.3 is 40.1 Å². The van der Waals surface area contributed by atoms with Gasteiger partial charge in [0.15, 0.2) is 13.5 Å². The van der Waals surface area contributed by atoms with Gasteiger partial charge >= 0.3 is 18.2 Å². The van der Waals surface area contributed by atoms with E-state index in [4.69, 9.17) is 9.47 Å². The summed E-state index contributed by atoms with van der Waals surface area (Å²) in [5, 5.41) is 15.1. The number of carbonyl (C=O) groups excluding carboxylic acids is 4. The fraction of sp³-hybridized carbons (Fsp3) is 0.600. The molecule has 1 unspecified atom stereocenters. The predicted molar refractivity (Wildman–Crippen MR) is 259 cm³/mol. The first-order valence-electron chi connectivity index (χ1n) is 24.7. The normalized spacial score (nSPS) is 17.1. The Hall–Kier alpha value is -5.68. The minimum Gasteiger partial charge on any atom is -0.428 e. The molecule has 0 bridgehead atoms. The van der Waals surface area contributed by atoms with Gasteiger partial charge in [-0.2, -0.15) is 5.10 Å². The number of fused-ring (bicyclic) bond motifs is 2. The van der Waals surface area contributed by atoms with E-state index in [-0.39, 0.29) is 43.3 Å². The summed E-state index contributed by atoms with van der Waals surface area (Å²) >= 11 is 0. The Balaban J connectivity index is 1.02. The molecule has 0 saturated carbocycles. The average Bonchev–Trinajstić information content (AvgIpc) is 3.77. The van der Waals surface area contributed by atoms with Crippen LogP contribution in [0.3, 0.4) is 0 Å². The number of carbonyl (C=O) groups is 4. The maximum Gasteiger partial charge on any atom is 0.408 e. The molecular weight excluding hydrogens is 853 g/mol. The van der Waals surface area contributed by atoms with Crippen molar-refractivity contribution in [1.82, 2.24) is 49.9 Å². The van der Waals surface area contributed by atoms with Crippen molar-refractivity contribution in [2.45, 2.75) is 123 Å². The molecule has 5 amide bonds. The third-order valence-corrected chi connectivity index (χ3v) is 13.8. The molecule has 0 aliphatic carbocycles. The van der Waals surface area contributed by atoms with Gasteiger partial charge in [-0.1, -0.05) is 63.8 Å². The van der Waals surface area contributed by atoms with E-state index in [2.05, 4.69) is 51.7 Å². The van der Waals surface area contributed by atoms with Crippen molar-refractivity contribution < 1.29 is 28.7 Å². The number of hydrogen-bond donors (Lipinski definition) is 3. The number of rotatable bonds is 18. The van der Waals surface area contributed by atoms with E-state index in [9.17, 15) is 24.0 Å². The Morgan fingerprint density at radius 2 is 1.42 bits per heavy atom. The van der Waals surface area contributed by atoms with E-state index in [1.54, 1.807) is 9.58 Å². The minimum atomic E-state index is -0.816. The number of aromatic nitrogens is 3. The summed E-state index contributed by atoms with van der Waals surface area (Å²) in [6.45, 7) is 12.7. The van der Waals surface area contributed by atoms with Gasteiger partial charge in [0.2, 0.25) is 5.91 Å². The van der Waals surface area contributed by atoms with E-state index < -0.39 is 18.2 Å². The van der Waals surface area contributed by atoms with Crippen LogP contribution in [-0.4, -0.2) is 143 Å². The zero-order valence-electron chi connectivity index (χ0n) is 40.1. The zero-order valence-corrected chi connectivity index (χ0v) is 40.1. The van der Waals surface area contributed by atoms with Crippen molar-refractivity contribution in [1.29, 1.82) is 0 Å². The minimum absolute atomic E-state index is 0.0379. The molecule has 17 nitrogen and oxygen atoms in total. The fourth-order valence-corrected chi connectivity index (χ4v) is 9.83. The van der Waals surface area contributed by atoms with Gasteiger partial charge in [-0.05, 0) is 106 Å². The molecule has 67 heavy (non-hydrogen) atoms. The van der Waals surface area contributed by atoms with Crippen LogP contribution in [0.2, 0.25) is 0 Å². The highest BCUT2D eigenvalue weighted by atomic mass is 16.6. The molecule has 7 rings (SSSR count). The number of unbranched alkanes of at least 4 members (excludes halogenated alkanes) is 4. The largest absolute Gasteiger partial charge is 0.428 e. The van der Waals surface area contributed by atoms with Gasteiger partial charge in [0.05, 0.1) is 11.0 Å². The number of piperidine rings is 2. The molecule has 0 radical (unpaired) electrons. The summed E-state index contributed by atoms with van der Waals surface area (Å²) < 4.78 is 14.1. The number of aryl methyl sites for hydroxylation is 1. The molecule has 2 aromatic carbocycles. The van der Waals surface area contributed by atoms with Crippen molar-refractivity contribution in [2.24, 2.45) is 0 Å². The molecule has 2 aromatic heterocycles. The number of amides is 5. The van der Waals surface area contributed by atoms with Crippen LogP contribution in [0.1, 0.15) is 101 Å². The zero-order chi connectivity index (χ0) is 47.3. The summed E-state index contributed by atoms with van der Waals surface area (Å²) in [6.07, 6.45) is 10.3.